The number of aliphatic carboxylic acids is 1. The Balaban J connectivity index is 1.60. The molecule has 1 heterocycles. The molecular formula is C19H18BrNO6S. The average Bonchev–Trinajstić information content (AvgIpc) is 3.23. The van der Waals surface area contributed by atoms with E-state index in [1.54, 1.807) is 30.3 Å². The zero-order valence-electron chi connectivity index (χ0n) is 14.7. The van der Waals surface area contributed by atoms with Crippen LogP contribution in [0.15, 0.2) is 51.8 Å². The average molecular weight is 468 g/mol. The Bertz CT molecular complexity index is 1020. The Morgan fingerprint density at radius 2 is 2.00 bits per heavy atom. The molecule has 1 aliphatic carbocycles. The summed E-state index contributed by atoms with van der Waals surface area (Å²) in [6.07, 6.45) is 1.31. The number of fused-ring (bicyclic) bond motifs is 3. The number of carboxylic acid groups (broad SMARTS) is 1. The van der Waals surface area contributed by atoms with E-state index in [4.69, 9.17) is 9.47 Å². The molecule has 28 heavy (non-hydrogen) atoms. The number of carbonyl (C=O) groups is 1. The van der Waals surface area contributed by atoms with Crippen molar-refractivity contribution in [2.45, 2.75) is 42.4 Å². The summed E-state index contributed by atoms with van der Waals surface area (Å²) in [5.41, 5.74) is 0.984. The van der Waals surface area contributed by atoms with E-state index in [0.29, 0.717) is 10.2 Å². The molecule has 2 N–H and O–H groups in total. The van der Waals surface area contributed by atoms with Crippen LogP contribution in [0.25, 0.3) is 0 Å². The minimum Gasteiger partial charge on any atom is -0.486 e. The van der Waals surface area contributed by atoms with Crippen molar-refractivity contribution in [1.82, 2.24) is 4.72 Å². The van der Waals surface area contributed by atoms with Crippen molar-refractivity contribution in [3.8, 4) is 11.5 Å². The molecule has 2 aliphatic rings. The number of benzene rings is 2. The molecule has 0 radical (unpaired) electrons. The van der Waals surface area contributed by atoms with Crippen molar-refractivity contribution < 1.29 is 27.8 Å². The van der Waals surface area contributed by atoms with Crippen LogP contribution in [0.3, 0.4) is 0 Å². The van der Waals surface area contributed by atoms with Crippen LogP contribution in [-0.2, 0) is 14.8 Å². The van der Waals surface area contributed by atoms with Crippen LogP contribution in [0.4, 0.5) is 0 Å². The molecule has 9 heteroatoms. The Hall–Kier alpha value is -2.10. The minimum atomic E-state index is -4.13. The summed E-state index contributed by atoms with van der Waals surface area (Å²) >= 11 is 3.17. The molecular weight excluding hydrogens is 450 g/mol. The fraction of sp³-hybridized carbons (Fsp3) is 0.316. The van der Waals surface area contributed by atoms with Gasteiger partial charge in [0.05, 0.1) is 4.90 Å². The lowest BCUT2D eigenvalue weighted by molar-refractivity contribution is -0.145. The minimum absolute atomic E-state index is 0.0694. The zero-order valence-corrected chi connectivity index (χ0v) is 17.1. The summed E-state index contributed by atoms with van der Waals surface area (Å²) in [5, 5.41) is 9.52. The maximum Gasteiger partial charge on any atom is 0.361 e. The van der Waals surface area contributed by atoms with E-state index in [0.717, 1.165) is 24.8 Å². The lowest BCUT2D eigenvalue weighted by Gasteiger charge is -2.19. The van der Waals surface area contributed by atoms with Gasteiger partial charge in [0.2, 0.25) is 10.0 Å². The van der Waals surface area contributed by atoms with Crippen molar-refractivity contribution >= 4 is 31.9 Å². The standard InChI is InChI=1S/C19H18BrNO6S/c20-13-7-1-2-10-16(13)28(24,25)21-18(19(22)23)27-15-9-4-6-12-11-5-3-8-14(11)26-17(12)15/h1-2,4,6-7,9-11,14,18,21H,3,5,8H2,(H,22,23). The highest BCUT2D eigenvalue weighted by atomic mass is 79.9. The number of halogens is 1. The predicted molar refractivity (Wildman–Crippen MR) is 104 cm³/mol. The van der Waals surface area contributed by atoms with Gasteiger partial charge in [-0.05, 0) is 53.4 Å². The van der Waals surface area contributed by atoms with Crippen molar-refractivity contribution in [2.75, 3.05) is 0 Å². The lowest BCUT2D eigenvalue weighted by Crippen LogP contribution is -2.45. The quantitative estimate of drug-likeness (QED) is 0.632. The number of ether oxygens (including phenoxy) is 2. The molecule has 0 spiro atoms. The first-order valence-electron chi connectivity index (χ1n) is 8.83. The summed E-state index contributed by atoms with van der Waals surface area (Å²) in [7, 11) is -4.13. The van der Waals surface area contributed by atoms with Crippen LogP contribution in [0.1, 0.15) is 30.7 Å². The van der Waals surface area contributed by atoms with Gasteiger partial charge >= 0.3 is 5.97 Å². The Kier molecular flexibility index (Phi) is 5.07. The summed E-state index contributed by atoms with van der Waals surface area (Å²) in [6, 6.07) is 11.4. The molecule has 0 bridgehead atoms. The maximum absolute atomic E-state index is 12.6. The first-order chi connectivity index (χ1) is 13.4. The van der Waals surface area contributed by atoms with Crippen molar-refractivity contribution in [2.24, 2.45) is 0 Å². The van der Waals surface area contributed by atoms with E-state index in [2.05, 4.69) is 20.7 Å². The van der Waals surface area contributed by atoms with E-state index in [1.165, 1.54) is 6.07 Å². The third kappa shape index (κ3) is 3.49. The molecule has 1 aliphatic heterocycles. The number of sulfonamides is 1. The molecule has 0 saturated heterocycles. The van der Waals surface area contributed by atoms with Gasteiger partial charge in [-0.3, -0.25) is 0 Å². The molecule has 0 aromatic heterocycles. The fourth-order valence-electron chi connectivity index (χ4n) is 3.74. The van der Waals surface area contributed by atoms with E-state index in [9.17, 15) is 18.3 Å². The van der Waals surface area contributed by atoms with Gasteiger partial charge in [0.1, 0.15) is 6.10 Å². The summed E-state index contributed by atoms with van der Waals surface area (Å²) in [4.78, 5) is 11.6. The maximum atomic E-state index is 12.6. The van der Waals surface area contributed by atoms with Gasteiger partial charge in [0.15, 0.2) is 11.5 Å². The van der Waals surface area contributed by atoms with Gasteiger partial charge in [0.25, 0.3) is 6.23 Å². The fourth-order valence-corrected chi connectivity index (χ4v) is 5.80. The third-order valence-corrected chi connectivity index (χ3v) is 7.40. The van der Waals surface area contributed by atoms with Crippen LogP contribution >= 0.6 is 15.9 Å². The monoisotopic (exact) mass is 467 g/mol. The number of para-hydroxylation sites is 1. The molecule has 2 aromatic rings. The van der Waals surface area contributed by atoms with Crippen LogP contribution in [-0.4, -0.2) is 31.8 Å². The number of hydrogen-bond donors (Lipinski definition) is 2. The zero-order chi connectivity index (χ0) is 19.9. The number of carboxylic acids is 1. The molecule has 0 amide bonds. The van der Waals surface area contributed by atoms with E-state index >= 15 is 0 Å². The summed E-state index contributed by atoms with van der Waals surface area (Å²) in [5.74, 6) is -0.456. The predicted octanol–water partition coefficient (Wildman–Crippen LogP) is 3.25. The van der Waals surface area contributed by atoms with Gasteiger partial charge in [-0.1, -0.05) is 24.3 Å². The number of rotatable bonds is 6. The van der Waals surface area contributed by atoms with E-state index in [1.807, 2.05) is 6.07 Å². The lowest BCUT2D eigenvalue weighted by atomic mass is 9.97. The van der Waals surface area contributed by atoms with Gasteiger partial charge in [-0.15, -0.1) is 0 Å². The second-order valence-corrected chi connectivity index (χ2v) is 9.29. The van der Waals surface area contributed by atoms with Gasteiger partial charge in [-0.25, -0.2) is 13.2 Å². The number of nitrogens with one attached hydrogen (secondary N) is 1. The highest BCUT2D eigenvalue weighted by Gasteiger charge is 2.40. The van der Waals surface area contributed by atoms with Gasteiger partial charge in [0, 0.05) is 16.0 Å². The van der Waals surface area contributed by atoms with Crippen molar-refractivity contribution in [3.63, 3.8) is 0 Å². The highest BCUT2D eigenvalue weighted by Crippen LogP contribution is 2.50. The summed E-state index contributed by atoms with van der Waals surface area (Å²) < 4.78 is 39.2. The van der Waals surface area contributed by atoms with Crippen LogP contribution in [0.2, 0.25) is 0 Å². The third-order valence-electron chi connectivity index (χ3n) is 4.99. The highest BCUT2D eigenvalue weighted by molar-refractivity contribution is 9.10. The molecule has 3 unspecified atom stereocenters. The largest absolute Gasteiger partial charge is 0.486 e. The van der Waals surface area contributed by atoms with Gasteiger partial charge < -0.3 is 14.6 Å². The van der Waals surface area contributed by atoms with Crippen LogP contribution < -0.4 is 14.2 Å². The SMILES string of the molecule is O=C(O)C(NS(=O)(=O)c1ccccc1Br)Oc1cccc2c1OC1CCCC21. The second-order valence-electron chi connectivity index (χ2n) is 6.76. The van der Waals surface area contributed by atoms with Crippen molar-refractivity contribution in [3.05, 3.63) is 52.5 Å². The summed E-state index contributed by atoms with van der Waals surface area (Å²) in [6.45, 7) is 0. The molecule has 1 saturated carbocycles. The smallest absolute Gasteiger partial charge is 0.361 e. The molecule has 3 atom stereocenters. The topological polar surface area (TPSA) is 102 Å². The van der Waals surface area contributed by atoms with E-state index < -0.39 is 22.2 Å². The Labute approximate surface area is 170 Å². The number of hydrogen-bond acceptors (Lipinski definition) is 5. The van der Waals surface area contributed by atoms with E-state index in [-0.39, 0.29) is 22.7 Å². The van der Waals surface area contributed by atoms with Gasteiger partial charge in [-0.2, -0.15) is 4.72 Å². The first-order valence-corrected chi connectivity index (χ1v) is 11.1. The normalized spacial score (nSPS) is 21.5. The molecule has 148 valence electrons. The first kappa shape index (κ1) is 19.2. The van der Waals surface area contributed by atoms with Crippen LogP contribution in [0, 0.1) is 0 Å². The Morgan fingerprint density at radius 3 is 2.75 bits per heavy atom. The molecule has 4 rings (SSSR count). The second kappa shape index (κ2) is 7.38. The molecule has 7 nitrogen and oxygen atoms in total. The van der Waals surface area contributed by atoms with Crippen LogP contribution in [0.5, 0.6) is 11.5 Å². The Morgan fingerprint density at radius 1 is 1.21 bits per heavy atom. The molecule has 1 fully saturated rings. The van der Waals surface area contributed by atoms with Crippen molar-refractivity contribution in [1.29, 1.82) is 0 Å². The molecule has 2 aromatic carbocycles.